The van der Waals surface area contributed by atoms with Gasteiger partial charge in [-0.3, -0.25) is 0 Å². The predicted octanol–water partition coefficient (Wildman–Crippen LogP) is 3.05. The third kappa shape index (κ3) is 3.55. The van der Waals surface area contributed by atoms with E-state index in [0.717, 1.165) is 23.7 Å². The SMILES string of the molecule is Cc1nc(CCNC(C)c2ccc(O)cc2)cs1. The van der Waals surface area contributed by atoms with Gasteiger partial charge in [0.25, 0.3) is 0 Å². The highest BCUT2D eigenvalue weighted by molar-refractivity contribution is 7.09. The summed E-state index contributed by atoms with van der Waals surface area (Å²) in [7, 11) is 0. The van der Waals surface area contributed by atoms with Gasteiger partial charge in [-0.2, -0.15) is 0 Å². The molecular weight excluding hydrogens is 244 g/mol. The summed E-state index contributed by atoms with van der Waals surface area (Å²) >= 11 is 1.69. The maximum absolute atomic E-state index is 9.24. The Morgan fingerprint density at radius 2 is 2.06 bits per heavy atom. The molecule has 1 aromatic carbocycles. The number of benzene rings is 1. The number of hydrogen-bond donors (Lipinski definition) is 2. The zero-order valence-corrected chi connectivity index (χ0v) is 11.5. The Kier molecular flexibility index (Phi) is 4.33. The fraction of sp³-hybridized carbons (Fsp3) is 0.357. The number of nitrogens with one attached hydrogen (secondary N) is 1. The van der Waals surface area contributed by atoms with E-state index < -0.39 is 0 Å². The first kappa shape index (κ1) is 13.1. The van der Waals surface area contributed by atoms with Crippen LogP contribution in [0.2, 0.25) is 0 Å². The molecule has 1 aromatic heterocycles. The molecule has 0 radical (unpaired) electrons. The molecule has 0 saturated heterocycles. The van der Waals surface area contributed by atoms with E-state index in [0.29, 0.717) is 5.75 Å². The van der Waals surface area contributed by atoms with Crippen molar-refractivity contribution in [2.24, 2.45) is 0 Å². The molecule has 1 heterocycles. The number of thiazole rings is 1. The fourth-order valence-electron chi connectivity index (χ4n) is 1.82. The van der Waals surface area contributed by atoms with Crippen molar-refractivity contribution >= 4 is 11.3 Å². The molecule has 0 aliphatic heterocycles. The number of aryl methyl sites for hydroxylation is 1. The lowest BCUT2D eigenvalue weighted by atomic mass is 10.1. The zero-order valence-electron chi connectivity index (χ0n) is 10.7. The lowest BCUT2D eigenvalue weighted by Crippen LogP contribution is -2.21. The number of hydrogen-bond acceptors (Lipinski definition) is 4. The van der Waals surface area contributed by atoms with Gasteiger partial charge in [-0.05, 0) is 31.5 Å². The molecule has 0 saturated carbocycles. The molecule has 0 aliphatic rings. The van der Waals surface area contributed by atoms with Gasteiger partial charge < -0.3 is 10.4 Å². The molecule has 0 bridgehead atoms. The Labute approximate surface area is 112 Å². The van der Waals surface area contributed by atoms with Crippen LogP contribution >= 0.6 is 11.3 Å². The van der Waals surface area contributed by atoms with Crippen LogP contribution < -0.4 is 5.32 Å². The van der Waals surface area contributed by atoms with E-state index in [4.69, 9.17) is 0 Å². The summed E-state index contributed by atoms with van der Waals surface area (Å²) in [5.41, 5.74) is 2.34. The van der Waals surface area contributed by atoms with Gasteiger partial charge >= 0.3 is 0 Å². The second kappa shape index (κ2) is 5.98. The minimum atomic E-state index is 0.283. The third-order valence-corrected chi connectivity index (χ3v) is 3.71. The number of phenolic OH excluding ortho intramolecular Hbond substituents is 1. The quantitative estimate of drug-likeness (QED) is 0.870. The van der Waals surface area contributed by atoms with Crippen LogP contribution in [0.1, 0.15) is 29.2 Å². The molecule has 3 nitrogen and oxygen atoms in total. The van der Waals surface area contributed by atoms with Gasteiger partial charge in [0.1, 0.15) is 5.75 Å². The van der Waals surface area contributed by atoms with Crippen molar-refractivity contribution in [2.75, 3.05) is 6.54 Å². The number of nitrogens with zero attached hydrogens (tertiary/aromatic N) is 1. The first-order valence-electron chi connectivity index (χ1n) is 6.08. The van der Waals surface area contributed by atoms with Crippen LogP contribution in [0.3, 0.4) is 0 Å². The summed E-state index contributed by atoms with van der Waals surface area (Å²) in [6.45, 7) is 5.06. The monoisotopic (exact) mass is 262 g/mol. The van der Waals surface area contributed by atoms with Crippen LogP contribution in [-0.2, 0) is 6.42 Å². The standard InChI is InChI=1S/C14H18N2OS/c1-10(12-3-5-14(17)6-4-12)15-8-7-13-9-18-11(2)16-13/h3-6,9-10,15,17H,7-8H2,1-2H3. The largest absolute Gasteiger partial charge is 0.508 e. The highest BCUT2D eigenvalue weighted by atomic mass is 32.1. The van der Waals surface area contributed by atoms with E-state index in [-0.39, 0.29) is 6.04 Å². The van der Waals surface area contributed by atoms with Crippen LogP contribution in [0.4, 0.5) is 0 Å². The maximum atomic E-state index is 9.24. The summed E-state index contributed by atoms with van der Waals surface area (Å²) in [5, 5.41) is 15.9. The first-order chi connectivity index (χ1) is 8.65. The number of aromatic hydroxyl groups is 1. The molecule has 0 spiro atoms. The highest BCUT2D eigenvalue weighted by Crippen LogP contribution is 2.16. The van der Waals surface area contributed by atoms with E-state index >= 15 is 0 Å². The van der Waals surface area contributed by atoms with Crippen LogP contribution in [0.5, 0.6) is 5.75 Å². The predicted molar refractivity (Wildman–Crippen MR) is 75.1 cm³/mol. The summed E-state index contributed by atoms with van der Waals surface area (Å²) in [6.07, 6.45) is 0.951. The van der Waals surface area contributed by atoms with Crippen LogP contribution in [0.15, 0.2) is 29.6 Å². The maximum Gasteiger partial charge on any atom is 0.115 e. The topological polar surface area (TPSA) is 45.2 Å². The Balaban J connectivity index is 1.81. The van der Waals surface area contributed by atoms with Crippen molar-refractivity contribution in [1.82, 2.24) is 10.3 Å². The average Bonchev–Trinajstić information content (AvgIpc) is 2.76. The van der Waals surface area contributed by atoms with Crippen LogP contribution in [-0.4, -0.2) is 16.6 Å². The minimum absolute atomic E-state index is 0.283. The Morgan fingerprint density at radius 3 is 2.67 bits per heavy atom. The molecule has 1 atom stereocenters. The molecule has 2 N–H and O–H groups in total. The Bertz CT molecular complexity index is 493. The molecule has 2 aromatic rings. The van der Waals surface area contributed by atoms with Crippen molar-refractivity contribution in [1.29, 1.82) is 0 Å². The molecule has 2 rings (SSSR count). The summed E-state index contributed by atoms with van der Waals surface area (Å²) in [5.74, 6) is 0.309. The Hall–Kier alpha value is -1.39. The minimum Gasteiger partial charge on any atom is -0.508 e. The van der Waals surface area contributed by atoms with E-state index in [1.807, 2.05) is 19.1 Å². The van der Waals surface area contributed by atoms with Crippen molar-refractivity contribution in [3.63, 3.8) is 0 Å². The van der Waals surface area contributed by atoms with Crippen LogP contribution in [0.25, 0.3) is 0 Å². The van der Waals surface area contributed by atoms with Crippen molar-refractivity contribution in [2.45, 2.75) is 26.3 Å². The number of phenols is 1. The fourth-order valence-corrected chi connectivity index (χ4v) is 2.47. The molecule has 96 valence electrons. The second-order valence-electron chi connectivity index (χ2n) is 4.38. The van der Waals surface area contributed by atoms with E-state index in [9.17, 15) is 5.11 Å². The normalized spacial score (nSPS) is 12.6. The molecule has 0 amide bonds. The van der Waals surface area contributed by atoms with Gasteiger partial charge in [0.05, 0.1) is 10.7 Å². The molecule has 0 aliphatic carbocycles. The Morgan fingerprint density at radius 1 is 1.33 bits per heavy atom. The highest BCUT2D eigenvalue weighted by Gasteiger charge is 2.05. The van der Waals surface area contributed by atoms with E-state index in [1.54, 1.807) is 23.5 Å². The molecule has 18 heavy (non-hydrogen) atoms. The molecule has 1 unspecified atom stereocenters. The smallest absolute Gasteiger partial charge is 0.115 e. The molecule has 0 fully saturated rings. The first-order valence-corrected chi connectivity index (χ1v) is 6.96. The summed E-state index contributed by atoms with van der Waals surface area (Å²) in [6, 6.07) is 7.61. The van der Waals surface area contributed by atoms with Crippen molar-refractivity contribution in [3.05, 3.63) is 45.9 Å². The van der Waals surface area contributed by atoms with Gasteiger partial charge in [0.2, 0.25) is 0 Å². The van der Waals surface area contributed by atoms with E-state index in [2.05, 4.69) is 22.6 Å². The average molecular weight is 262 g/mol. The lowest BCUT2D eigenvalue weighted by Gasteiger charge is -2.13. The van der Waals surface area contributed by atoms with E-state index in [1.165, 1.54) is 5.56 Å². The van der Waals surface area contributed by atoms with Gasteiger partial charge in [0, 0.05) is 24.4 Å². The number of aromatic nitrogens is 1. The lowest BCUT2D eigenvalue weighted by molar-refractivity contribution is 0.474. The number of rotatable bonds is 5. The molecular formula is C14H18N2OS. The van der Waals surface area contributed by atoms with Gasteiger partial charge in [-0.25, -0.2) is 4.98 Å². The summed E-state index contributed by atoms with van der Waals surface area (Å²) in [4.78, 5) is 4.44. The zero-order chi connectivity index (χ0) is 13.0. The summed E-state index contributed by atoms with van der Waals surface area (Å²) < 4.78 is 0. The van der Waals surface area contributed by atoms with Gasteiger partial charge in [-0.1, -0.05) is 12.1 Å². The van der Waals surface area contributed by atoms with Crippen molar-refractivity contribution in [3.8, 4) is 5.75 Å². The second-order valence-corrected chi connectivity index (χ2v) is 5.44. The van der Waals surface area contributed by atoms with Crippen molar-refractivity contribution < 1.29 is 5.11 Å². The van der Waals surface area contributed by atoms with Gasteiger partial charge in [-0.15, -0.1) is 11.3 Å². The molecule has 4 heteroatoms. The van der Waals surface area contributed by atoms with Gasteiger partial charge in [0.15, 0.2) is 0 Å². The third-order valence-electron chi connectivity index (χ3n) is 2.89. The van der Waals surface area contributed by atoms with Crippen LogP contribution in [0, 0.1) is 6.92 Å².